The lowest BCUT2D eigenvalue weighted by Crippen LogP contribution is -2.29. The van der Waals surface area contributed by atoms with Crippen molar-refractivity contribution >= 4 is 0 Å². The first-order valence-corrected chi connectivity index (χ1v) is 12.2. The van der Waals surface area contributed by atoms with Crippen LogP contribution >= 0.6 is 0 Å². The third-order valence-corrected chi connectivity index (χ3v) is 7.31. The van der Waals surface area contributed by atoms with Crippen LogP contribution in [0.1, 0.15) is 74.3 Å². The van der Waals surface area contributed by atoms with E-state index >= 15 is 0 Å². The monoisotopic (exact) mass is 436 g/mol. The Morgan fingerprint density at radius 3 is 2.31 bits per heavy atom. The molecule has 0 bridgehead atoms. The molecule has 3 heteroatoms. The quantitative estimate of drug-likeness (QED) is 0.456. The van der Waals surface area contributed by atoms with Crippen molar-refractivity contribution in [3.8, 4) is 0 Å². The third-order valence-electron chi connectivity index (χ3n) is 7.31. The second-order valence-electron chi connectivity index (χ2n) is 11.0. The van der Waals surface area contributed by atoms with Gasteiger partial charge in [-0.05, 0) is 52.0 Å². The molecule has 174 valence electrons. The molecule has 0 saturated heterocycles. The van der Waals surface area contributed by atoms with Gasteiger partial charge in [0.25, 0.3) is 0 Å². The van der Waals surface area contributed by atoms with Gasteiger partial charge in [0.2, 0.25) is 0 Å². The minimum Gasteiger partial charge on any atom is -0.382 e. The topological polar surface area (TPSA) is 27.7 Å². The predicted octanol–water partition coefficient (Wildman–Crippen LogP) is 6.29. The van der Waals surface area contributed by atoms with Gasteiger partial charge in [-0.25, -0.2) is 0 Å². The molecular formula is C29H40O3. The van der Waals surface area contributed by atoms with E-state index in [1.54, 1.807) is 7.11 Å². The number of hydrogen-bond acceptors (Lipinski definition) is 3. The Bertz CT molecular complexity index is 911. The van der Waals surface area contributed by atoms with Crippen LogP contribution in [0.4, 0.5) is 0 Å². The molecule has 4 unspecified atom stereocenters. The summed E-state index contributed by atoms with van der Waals surface area (Å²) in [7, 11) is 1.73. The Hall–Kier alpha value is -1.68. The lowest BCUT2D eigenvalue weighted by atomic mass is 9.76. The van der Waals surface area contributed by atoms with Crippen molar-refractivity contribution < 1.29 is 14.2 Å². The molecule has 32 heavy (non-hydrogen) atoms. The van der Waals surface area contributed by atoms with Gasteiger partial charge in [0.15, 0.2) is 0 Å². The van der Waals surface area contributed by atoms with E-state index in [9.17, 15) is 0 Å². The van der Waals surface area contributed by atoms with Gasteiger partial charge in [-0.3, -0.25) is 0 Å². The summed E-state index contributed by atoms with van der Waals surface area (Å²) < 4.78 is 18.0. The van der Waals surface area contributed by atoms with Crippen molar-refractivity contribution in [3.05, 3.63) is 70.3 Å². The van der Waals surface area contributed by atoms with Crippen LogP contribution in [0.5, 0.6) is 0 Å². The molecule has 0 heterocycles. The second kappa shape index (κ2) is 9.67. The molecule has 4 atom stereocenters. The number of methoxy groups -OCH3 is 1. The Morgan fingerprint density at radius 2 is 1.59 bits per heavy atom. The molecule has 0 radical (unpaired) electrons. The summed E-state index contributed by atoms with van der Waals surface area (Å²) in [5.74, 6) is 1.39. The Balaban J connectivity index is 1.48. The van der Waals surface area contributed by atoms with Crippen LogP contribution < -0.4 is 0 Å². The Morgan fingerprint density at radius 1 is 0.875 bits per heavy atom. The number of benzene rings is 2. The average molecular weight is 437 g/mol. The van der Waals surface area contributed by atoms with Crippen LogP contribution in [0.15, 0.2) is 42.5 Å². The molecule has 0 spiro atoms. The number of ether oxygens (including phenoxy) is 3. The molecule has 3 nitrogen and oxygen atoms in total. The summed E-state index contributed by atoms with van der Waals surface area (Å²) in [5.41, 5.74) is 7.24. The summed E-state index contributed by atoms with van der Waals surface area (Å²) in [5, 5.41) is 0. The summed E-state index contributed by atoms with van der Waals surface area (Å²) in [4.78, 5) is 0. The first-order valence-electron chi connectivity index (χ1n) is 12.2. The van der Waals surface area contributed by atoms with Gasteiger partial charge in [-0.2, -0.15) is 0 Å². The molecular weight excluding hydrogens is 396 g/mol. The van der Waals surface area contributed by atoms with Gasteiger partial charge >= 0.3 is 0 Å². The zero-order valence-electron chi connectivity index (χ0n) is 20.7. The largest absolute Gasteiger partial charge is 0.382 e. The maximum Gasteiger partial charge on any atom is 0.0721 e. The standard InChI is InChI=1S/C29H40O3/c1-19(2)27-24-15-20(11-12-22(24)16-25(27)31-14-13-30-6)18-32-26-17-21-9-7-8-10-23(21)28(26)29(3,4)5/h7-12,15,19,25-28H,13-14,16-18H2,1-6H3. The maximum atomic E-state index is 6.62. The van der Waals surface area contributed by atoms with E-state index in [-0.39, 0.29) is 17.6 Å². The minimum absolute atomic E-state index is 0.171. The van der Waals surface area contributed by atoms with Crippen LogP contribution in [0.25, 0.3) is 0 Å². The summed E-state index contributed by atoms with van der Waals surface area (Å²) in [6.07, 6.45) is 2.47. The summed E-state index contributed by atoms with van der Waals surface area (Å²) >= 11 is 0. The first-order chi connectivity index (χ1) is 15.3. The predicted molar refractivity (Wildman–Crippen MR) is 130 cm³/mol. The molecule has 4 rings (SSSR count). The van der Waals surface area contributed by atoms with E-state index in [1.165, 1.54) is 27.8 Å². The second-order valence-corrected chi connectivity index (χ2v) is 11.0. The van der Waals surface area contributed by atoms with Crippen molar-refractivity contribution in [2.45, 2.75) is 78.1 Å². The fraction of sp³-hybridized carbons (Fsp3) is 0.586. The van der Waals surface area contributed by atoms with Crippen molar-refractivity contribution in [2.24, 2.45) is 11.3 Å². The van der Waals surface area contributed by atoms with Gasteiger partial charge in [-0.15, -0.1) is 0 Å². The zero-order chi connectivity index (χ0) is 22.9. The van der Waals surface area contributed by atoms with Crippen LogP contribution in [-0.4, -0.2) is 32.5 Å². The van der Waals surface area contributed by atoms with Gasteiger partial charge in [-0.1, -0.05) is 77.1 Å². The fourth-order valence-corrected chi connectivity index (χ4v) is 5.95. The maximum absolute atomic E-state index is 6.62. The fourth-order valence-electron chi connectivity index (χ4n) is 5.95. The number of hydrogen-bond donors (Lipinski definition) is 0. The van der Waals surface area contributed by atoms with Crippen molar-refractivity contribution in [1.29, 1.82) is 0 Å². The van der Waals surface area contributed by atoms with Gasteiger partial charge in [0.05, 0.1) is 32.0 Å². The molecule has 0 amide bonds. The van der Waals surface area contributed by atoms with E-state index in [1.807, 2.05) is 0 Å². The van der Waals surface area contributed by atoms with Crippen LogP contribution in [0.3, 0.4) is 0 Å². The van der Waals surface area contributed by atoms with Crippen molar-refractivity contribution in [1.82, 2.24) is 0 Å². The summed E-state index contributed by atoms with van der Waals surface area (Å²) in [6, 6.07) is 15.8. The molecule has 0 fully saturated rings. The molecule has 0 N–H and O–H groups in total. The van der Waals surface area contributed by atoms with E-state index in [4.69, 9.17) is 14.2 Å². The third kappa shape index (κ3) is 4.81. The van der Waals surface area contributed by atoms with Gasteiger partial charge in [0, 0.05) is 18.9 Å². The van der Waals surface area contributed by atoms with Crippen LogP contribution in [-0.2, 0) is 33.7 Å². The van der Waals surface area contributed by atoms with Crippen molar-refractivity contribution in [3.63, 3.8) is 0 Å². The zero-order valence-corrected chi connectivity index (χ0v) is 20.7. The van der Waals surface area contributed by atoms with Crippen LogP contribution in [0, 0.1) is 11.3 Å². The average Bonchev–Trinajstić information content (AvgIpc) is 3.29. The van der Waals surface area contributed by atoms with E-state index in [2.05, 4.69) is 77.1 Å². The molecule has 0 aliphatic heterocycles. The molecule has 2 aromatic rings. The lowest BCUT2D eigenvalue weighted by molar-refractivity contribution is 0.00213. The highest BCUT2D eigenvalue weighted by Crippen LogP contribution is 2.46. The highest BCUT2D eigenvalue weighted by atomic mass is 16.5. The van der Waals surface area contributed by atoms with Gasteiger partial charge in [0.1, 0.15) is 0 Å². The lowest BCUT2D eigenvalue weighted by Gasteiger charge is -2.33. The van der Waals surface area contributed by atoms with E-state index in [0.29, 0.717) is 37.6 Å². The Kier molecular flexibility index (Phi) is 7.09. The molecule has 0 aromatic heterocycles. The minimum atomic E-state index is 0.171. The van der Waals surface area contributed by atoms with E-state index < -0.39 is 0 Å². The first kappa shape index (κ1) is 23.5. The van der Waals surface area contributed by atoms with Gasteiger partial charge < -0.3 is 14.2 Å². The highest BCUT2D eigenvalue weighted by molar-refractivity contribution is 5.41. The Labute approximate surface area is 194 Å². The number of fused-ring (bicyclic) bond motifs is 2. The molecule has 0 saturated carbocycles. The van der Waals surface area contributed by atoms with Crippen LogP contribution in [0.2, 0.25) is 0 Å². The molecule has 2 aromatic carbocycles. The highest BCUT2D eigenvalue weighted by Gasteiger charge is 2.40. The molecule has 2 aliphatic carbocycles. The molecule has 2 aliphatic rings. The summed E-state index contributed by atoms with van der Waals surface area (Å²) in [6.45, 7) is 13.6. The normalized spacial score (nSPS) is 24.7. The van der Waals surface area contributed by atoms with Crippen molar-refractivity contribution in [2.75, 3.05) is 20.3 Å². The number of rotatable bonds is 8. The SMILES string of the molecule is COCCOC1Cc2ccc(COC3Cc4ccccc4C3C(C)(C)C)cc2C1C(C)C. The smallest absolute Gasteiger partial charge is 0.0721 e. The van der Waals surface area contributed by atoms with E-state index in [0.717, 1.165) is 12.8 Å².